The third-order valence-corrected chi connectivity index (χ3v) is 4.41. The molecule has 1 aliphatic heterocycles. The number of piperidine rings is 1. The van der Waals surface area contributed by atoms with Crippen molar-refractivity contribution in [2.75, 3.05) is 13.1 Å². The van der Waals surface area contributed by atoms with E-state index in [0.29, 0.717) is 17.9 Å². The van der Waals surface area contributed by atoms with Gasteiger partial charge in [0.15, 0.2) is 0 Å². The van der Waals surface area contributed by atoms with E-state index < -0.39 is 11.7 Å². The van der Waals surface area contributed by atoms with Gasteiger partial charge in [-0.25, -0.2) is 0 Å². The summed E-state index contributed by atoms with van der Waals surface area (Å²) in [5, 5.41) is 3.38. The van der Waals surface area contributed by atoms with Crippen molar-refractivity contribution in [1.82, 2.24) is 10.3 Å². The standard InChI is InChI=1S/C19H21F3N2/c1-13-8-15(11-18(24-13)16-5-3-7-23-12-16)9-14-4-2-6-17(10-14)19(20,21)22/h2,4,6,8,10-11,16,23H,3,5,7,9,12H2,1H3/t16-/m1/s1. The third-order valence-electron chi connectivity index (χ3n) is 4.41. The quantitative estimate of drug-likeness (QED) is 0.896. The molecule has 1 aromatic heterocycles. The maximum atomic E-state index is 12.9. The van der Waals surface area contributed by atoms with Gasteiger partial charge in [0.1, 0.15) is 0 Å². The van der Waals surface area contributed by atoms with Crippen molar-refractivity contribution in [2.24, 2.45) is 0 Å². The molecule has 3 rings (SSSR count). The van der Waals surface area contributed by atoms with Crippen LogP contribution in [0.15, 0.2) is 36.4 Å². The van der Waals surface area contributed by atoms with Gasteiger partial charge in [-0.1, -0.05) is 18.2 Å². The maximum Gasteiger partial charge on any atom is 0.416 e. The fraction of sp³-hybridized carbons (Fsp3) is 0.421. The van der Waals surface area contributed by atoms with E-state index >= 15 is 0 Å². The molecule has 2 heterocycles. The Hall–Kier alpha value is -1.88. The minimum Gasteiger partial charge on any atom is -0.316 e. The van der Waals surface area contributed by atoms with Gasteiger partial charge in [-0.15, -0.1) is 0 Å². The van der Waals surface area contributed by atoms with Crippen LogP contribution in [0.5, 0.6) is 0 Å². The second-order valence-electron chi connectivity index (χ2n) is 6.46. The number of hydrogen-bond donors (Lipinski definition) is 1. The summed E-state index contributed by atoms with van der Waals surface area (Å²) in [4.78, 5) is 4.64. The van der Waals surface area contributed by atoms with E-state index in [0.717, 1.165) is 48.9 Å². The highest BCUT2D eigenvalue weighted by Crippen LogP contribution is 2.30. The number of benzene rings is 1. The smallest absolute Gasteiger partial charge is 0.316 e. The molecule has 0 unspecified atom stereocenters. The van der Waals surface area contributed by atoms with Gasteiger partial charge in [-0.2, -0.15) is 13.2 Å². The number of alkyl halides is 3. The number of nitrogens with zero attached hydrogens (tertiary/aromatic N) is 1. The molecule has 1 atom stereocenters. The van der Waals surface area contributed by atoms with Gasteiger partial charge in [-0.3, -0.25) is 4.98 Å². The van der Waals surface area contributed by atoms with E-state index in [9.17, 15) is 13.2 Å². The van der Waals surface area contributed by atoms with Gasteiger partial charge in [0, 0.05) is 23.9 Å². The number of halogens is 3. The minimum atomic E-state index is -4.30. The first-order valence-corrected chi connectivity index (χ1v) is 8.26. The molecule has 1 aliphatic rings. The number of aromatic nitrogens is 1. The molecule has 1 saturated heterocycles. The van der Waals surface area contributed by atoms with Crippen LogP contribution < -0.4 is 5.32 Å². The van der Waals surface area contributed by atoms with E-state index in [1.54, 1.807) is 6.07 Å². The Labute approximate surface area is 140 Å². The van der Waals surface area contributed by atoms with Crippen LogP contribution in [0.4, 0.5) is 13.2 Å². The Kier molecular flexibility index (Phi) is 4.90. The topological polar surface area (TPSA) is 24.9 Å². The molecule has 1 aromatic carbocycles. The van der Waals surface area contributed by atoms with Gasteiger partial charge in [0.25, 0.3) is 0 Å². The molecule has 0 radical (unpaired) electrons. The number of aryl methyl sites for hydroxylation is 1. The Morgan fingerprint density at radius 3 is 2.71 bits per heavy atom. The van der Waals surface area contributed by atoms with Gasteiger partial charge < -0.3 is 5.32 Å². The van der Waals surface area contributed by atoms with Crippen LogP contribution >= 0.6 is 0 Å². The minimum absolute atomic E-state index is 0.388. The lowest BCUT2D eigenvalue weighted by molar-refractivity contribution is -0.137. The molecular weight excluding hydrogens is 313 g/mol. The van der Waals surface area contributed by atoms with Crippen LogP contribution in [0.1, 0.15) is 46.8 Å². The summed E-state index contributed by atoms with van der Waals surface area (Å²) in [6.07, 6.45) is -1.58. The van der Waals surface area contributed by atoms with Crippen molar-refractivity contribution in [3.63, 3.8) is 0 Å². The highest BCUT2D eigenvalue weighted by atomic mass is 19.4. The summed E-state index contributed by atoms with van der Waals surface area (Å²) in [5.41, 5.74) is 3.05. The predicted molar refractivity (Wildman–Crippen MR) is 88.1 cm³/mol. The van der Waals surface area contributed by atoms with E-state index in [-0.39, 0.29) is 0 Å². The molecule has 0 amide bonds. The summed E-state index contributed by atoms with van der Waals surface area (Å²) in [6, 6.07) is 9.56. The molecule has 24 heavy (non-hydrogen) atoms. The summed E-state index contributed by atoms with van der Waals surface area (Å²) in [6.45, 7) is 3.90. The molecule has 0 bridgehead atoms. The van der Waals surface area contributed by atoms with Crippen molar-refractivity contribution in [3.8, 4) is 0 Å². The summed E-state index contributed by atoms with van der Waals surface area (Å²) in [7, 11) is 0. The van der Waals surface area contributed by atoms with Gasteiger partial charge in [-0.05, 0) is 62.1 Å². The molecule has 1 N–H and O–H groups in total. The Balaban J connectivity index is 1.83. The molecule has 5 heteroatoms. The first-order chi connectivity index (χ1) is 11.4. The molecule has 0 aliphatic carbocycles. The molecule has 128 valence electrons. The molecule has 1 fully saturated rings. The van der Waals surface area contributed by atoms with Gasteiger partial charge in [0.2, 0.25) is 0 Å². The lowest BCUT2D eigenvalue weighted by Gasteiger charge is -2.23. The third kappa shape index (κ3) is 4.15. The number of rotatable bonds is 3. The second kappa shape index (κ2) is 6.93. The zero-order chi connectivity index (χ0) is 17.2. The fourth-order valence-corrected chi connectivity index (χ4v) is 3.28. The van der Waals surface area contributed by atoms with Crippen molar-refractivity contribution in [1.29, 1.82) is 0 Å². The van der Waals surface area contributed by atoms with E-state index in [2.05, 4.69) is 10.3 Å². The monoisotopic (exact) mass is 334 g/mol. The zero-order valence-corrected chi connectivity index (χ0v) is 13.7. The molecular formula is C19H21F3N2. The van der Waals surface area contributed by atoms with Gasteiger partial charge >= 0.3 is 6.18 Å². The maximum absolute atomic E-state index is 12.9. The first kappa shape index (κ1) is 17.0. The van der Waals surface area contributed by atoms with Crippen molar-refractivity contribution >= 4 is 0 Å². The Bertz CT molecular complexity index is 704. The fourth-order valence-electron chi connectivity index (χ4n) is 3.28. The second-order valence-corrected chi connectivity index (χ2v) is 6.46. The molecule has 0 spiro atoms. The number of nitrogens with one attached hydrogen (secondary N) is 1. The van der Waals surface area contributed by atoms with Crippen LogP contribution in [0, 0.1) is 6.92 Å². The average molecular weight is 334 g/mol. The highest BCUT2D eigenvalue weighted by Gasteiger charge is 2.30. The zero-order valence-electron chi connectivity index (χ0n) is 13.7. The first-order valence-electron chi connectivity index (χ1n) is 8.26. The lowest BCUT2D eigenvalue weighted by Crippen LogP contribution is -2.29. The normalized spacial score (nSPS) is 18.6. The summed E-state index contributed by atoms with van der Waals surface area (Å²) in [5.74, 6) is 0.388. The largest absolute Gasteiger partial charge is 0.416 e. The van der Waals surface area contributed by atoms with E-state index in [1.165, 1.54) is 12.1 Å². The van der Waals surface area contributed by atoms with Crippen LogP contribution in [0.25, 0.3) is 0 Å². The van der Waals surface area contributed by atoms with Crippen molar-refractivity contribution in [3.05, 3.63) is 64.5 Å². The van der Waals surface area contributed by atoms with E-state index in [4.69, 9.17) is 0 Å². The predicted octanol–water partition coefficient (Wildman–Crippen LogP) is 4.47. The van der Waals surface area contributed by atoms with Crippen molar-refractivity contribution in [2.45, 2.75) is 38.3 Å². The van der Waals surface area contributed by atoms with Crippen LogP contribution in [0.2, 0.25) is 0 Å². The van der Waals surface area contributed by atoms with Crippen LogP contribution in [0.3, 0.4) is 0 Å². The average Bonchev–Trinajstić information content (AvgIpc) is 2.54. The summed E-state index contributed by atoms with van der Waals surface area (Å²) < 4.78 is 38.6. The molecule has 2 aromatic rings. The van der Waals surface area contributed by atoms with Gasteiger partial charge in [0.05, 0.1) is 5.56 Å². The molecule has 2 nitrogen and oxygen atoms in total. The SMILES string of the molecule is Cc1cc(Cc2cccc(C(F)(F)F)c2)cc([C@@H]2CCCNC2)n1. The molecule has 0 saturated carbocycles. The van der Waals surface area contributed by atoms with Crippen LogP contribution in [-0.2, 0) is 12.6 Å². The summed E-state index contributed by atoms with van der Waals surface area (Å²) >= 11 is 0. The van der Waals surface area contributed by atoms with E-state index in [1.807, 2.05) is 19.1 Å². The van der Waals surface area contributed by atoms with Crippen molar-refractivity contribution < 1.29 is 13.2 Å². The number of pyridine rings is 1. The highest BCUT2D eigenvalue weighted by molar-refractivity contribution is 5.33. The van der Waals surface area contributed by atoms with Crippen LogP contribution in [-0.4, -0.2) is 18.1 Å². The Morgan fingerprint density at radius 1 is 1.17 bits per heavy atom. The lowest BCUT2D eigenvalue weighted by atomic mass is 9.93. The number of hydrogen-bond acceptors (Lipinski definition) is 2. The Morgan fingerprint density at radius 2 is 2.00 bits per heavy atom.